The van der Waals surface area contributed by atoms with Crippen LogP contribution in [0.15, 0.2) is 0 Å². The number of hydrogen-bond acceptors (Lipinski definition) is 2. The summed E-state index contributed by atoms with van der Waals surface area (Å²) in [7, 11) is 0. The highest BCUT2D eigenvalue weighted by Gasteiger charge is 2.12. The van der Waals surface area contributed by atoms with Gasteiger partial charge in [-0.3, -0.25) is 10.1 Å². The summed E-state index contributed by atoms with van der Waals surface area (Å²) in [6.07, 6.45) is 2.26. The maximum Gasteiger partial charge on any atom is 0.321 e. The van der Waals surface area contributed by atoms with Gasteiger partial charge in [-0.05, 0) is 18.8 Å². The van der Waals surface area contributed by atoms with Crippen molar-refractivity contribution in [3.8, 4) is 0 Å². The summed E-state index contributed by atoms with van der Waals surface area (Å²) in [5.74, 6) is 0.329. The van der Waals surface area contributed by atoms with Crippen LogP contribution >= 0.6 is 0 Å². The number of carbonyl (C=O) groups is 2. The van der Waals surface area contributed by atoms with Crippen molar-refractivity contribution in [1.82, 2.24) is 10.6 Å². The molecule has 0 aliphatic carbocycles. The highest BCUT2D eigenvalue weighted by molar-refractivity contribution is 5.94. The summed E-state index contributed by atoms with van der Waals surface area (Å²) in [6, 6.07) is -0.367. The molecule has 1 atom stereocenters. The van der Waals surface area contributed by atoms with E-state index in [1.54, 1.807) is 0 Å². The molecule has 0 aromatic rings. The van der Waals surface area contributed by atoms with Gasteiger partial charge in [-0.2, -0.15) is 0 Å². The largest absolute Gasteiger partial charge is 0.338 e. The highest BCUT2D eigenvalue weighted by Crippen LogP contribution is 2.09. The summed E-state index contributed by atoms with van der Waals surface area (Å²) in [6.45, 7) is 2.74. The third kappa shape index (κ3) is 2.90. The van der Waals surface area contributed by atoms with E-state index in [0.717, 1.165) is 12.8 Å². The lowest BCUT2D eigenvalue weighted by molar-refractivity contribution is -0.120. The maximum absolute atomic E-state index is 11.0. The second-order valence-corrected chi connectivity index (χ2v) is 3.24. The van der Waals surface area contributed by atoms with Crippen molar-refractivity contribution >= 4 is 11.9 Å². The fraction of sp³-hybridized carbons (Fsp3) is 0.750. The Morgan fingerprint density at radius 2 is 2.08 bits per heavy atom. The van der Waals surface area contributed by atoms with Crippen LogP contribution in [0.1, 0.15) is 26.2 Å². The van der Waals surface area contributed by atoms with E-state index in [1.807, 2.05) is 0 Å². The average Bonchev–Trinajstić information content (AvgIpc) is 2.05. The van der Waals surface area contributed by atoms with Crippen molar-refractivity contribution in [2.45, 2.75) is 26.2 Å². The number of imide groups is 1. The van der Waals surface area contributed by atoms with Crippen LogP contribution in [0.2, 0.25) is 0 Å². The molecule has 1 aliphatic rings. The first-order chi connectivity index (χ1) is 5.68. The Bertz CT molecular complexity index is 191. The molecule has 12 heavy (non-hydrogen) atoms. The van der Waals surface area contributed by atoms with Crippen molar-refractivity contribution in [1.29, 1.82) is 0 Å². The van der Waals surface area contributed by atoms with E-state index in [-0.39, 0.29) is 11.9 Å². The zero-order valence-corrected chi connectivity index (χ0v) is 7.22. The van der Waals surface area contributed by atoms with E-state index in [1.165, 1.54) is 0 Å². The number of urea groups is 1. The fourth-order valence-electron chi connectivity index (χ4n) is 1.19. The molecule has 68 valence electrons. The normalized spacial score (nSPS) is 26.2. The molecular weight excluding hydrogens is 156 g/mol. The maximum atomic E-state index is 11.0. The minimum Gasteiger partial charge on any atom is -0.338 e. The molecule has 0 bridgehead atoms. The Kier molecular flexibility index (Phi) is 3.08. The smallest absolute Gasteiger partial charge is 0.321 e. The Morgan fingerprint density at radius 3 is 2.83 bits per heavy atom. The topological polar surface area (TPSA) is 58.2 Å². The summed E-state index contributed by atoms with van der Waals surface area (Å²) >= 11 is 0. The van der Waals surface area contributed by atoms with E-state index in [0.29, 0.717) is 18.9 Å². The summed E-state index contributed by atoms with van der Waals surface area (Å²) in [5, 5.41) is 4.87. The average molecular weight is 170 g/mol. The molecule has 1 aliphatic heterocycles. The third-order valence-electron chi connectivity index (χ3n) is 2.04. The van der Waals surface area contributed by atoms with Crippen molar-refractivity contribution in [2.24, 2.45) is 5.92 Å². The van der Waals surface area contributed by atoms with Gasteiger partial charge in [0.25, 0.3) is 0 Å². The van der Waals surface area contributed by atoms with Crippen molar-refractivity contribution in [3.63, 3.8) is 0 Å². The first-order valence-corrected chi connectivity index (χ1v) is 4.26. The van der Waals surface area contributed by atoms with Crippen molar-refractivity contribution < 1.29 is 9.59 Å². The van der Waals surface area contributed by atoms with Crippen molar-refractivity contribution in [3.05, 3.63) is 0 Å². The second-order valence-electron chi connectivity index (χ2n) is 3.24. The Balaban J connectivity index is 2.47. The Labute approximate surface area is 71.7 Å². The van der Waals surface area contributed by atoms with Gasteiger partial charge in [0.15, 0.2) is 0 Å². The van der Waals surface area contributed by atoms with Crippen LogP contribution in [0.25, 0.3) is 0 Å². The predicted molar refractivity (Wildman–Crippen MR) is 44.6 cm³/mol. The van der Waals surface area contributed by atoms with E-state index in [2.05, 4.69) is 17.6 Å². The first-order valence-electron chi connectivity index (χ1n) is 4.26. The van der Waals surface area contributed by atoms with Gasteiger partial charge >= 0.3 is 6.03 Å². The molecule has 0 aromatic carbocycles. The van der Waals surface area contributed by atoms with Gasteiger partial charge in [-0.1, -0.05) is 6.92 Å². The van der Waals surface area contributed by atoms with Crippen LogP contribution in [-0.2, 0) is 4.79 Å². The number of amides is 3. The van der Waals surface area contributed by atoms with Crippen molar-refractivity contribution in [2.75, 3.05) is 6.54 Å². The molecule has 3 amide bonds. The van der Waals surface area contributed by atoms with Gasteiger partial charge in [0.1, 0.15) is 0 Å². The highest BCUT2D eigenvalue weighted by atomic mass is 16.2. The number of nitrogens with one attached hydrogen (secondary N) is 2. The van der Waals surface area contributed by atoms with Crippen LogP contribution in [0.3, 0.4) is 0 Å². The van der Waals surface area contributed by atoms with Crippen LogP contribution < -0.4 is 10.6 Å². The molecule has 1 unspecified atom stereocenters. The number of carbonyl (C=O) groups excluding carboxylic acids is 2. The Hall–Kier alpha value is -1.06. The number of hydrogen-bond donors (Lipinski definition) is 2. The monoisotopic (exact) mass is 170 g/mol. The fourth-order valence-corrected chi connectivity index (χ4v) is 1.19. The Morgan fingerprint density at radius 1 is 1.33 bits per heavy atom. The molecule has 0 spiro atoms. The van der Waals surface area contributed by atoms with Gasteiger partial charge in [0, 0.05) is 13.0 Å². The molecule has 1 heterocycles. The van der Waals surface area contributed by atoms with Gasteiger partial charge < -0.3 is 5.32 Å². The van der Waals surface area contributed by atoms with Gasteiger partial charge in [0.05, 0.1) is 0 Å². The molecule has 1 saturated heterocycles. The zero-order valence-electron chi connectivity index (χ0n) is 7.22. The van der Waals surface area contributed by atoms with Crippen LogP contribution in [0.5, 0.6) is 0 Å². The van der Waals surface area contributed by atoms with Gasteiger partial charge in [-0.15, -0.1) is 0 Å². The van der Waals surface area contributed by atoms with E-state index in [4.69, 9.17) is 0 Å². The molecule has 0 saturated carbocycles. The number of rotatable bonds is 0. The standard InChI is InChI=1S/C8H14N2O2/c1-6-2-3-7(11)10-8(12)9-5-4-6/h6H,2-5H2,1H3,(H2,9,10,11,12). The lowest BCUT2D eigenvalue weighted by Crippen LogP contribution is -2.38. The molecule has 0 radical (unpaired) electrons. The van der Waals surface area contributed by atoms with E-state index < -0.39 is 0 Å². The van der Waals surface area contributed by atoms with Crippen LogP contribution in [-0.4, -0.2) is 18.5 Å². The molecule has 1 fully saturated rings. The zero-order chi connectivity index (χ0) is 8.97. The minimum absolute atomic E-state index is 0.179. The van der Waals surface area contributed by atoms with E-state index in [9.17, 15) is 9.59 Å². The lowest BCUT2D eigenvalue weighted by atomic mass is 10.0. The lowest BCUT2D eigenvalue weighted by Gasteiger charge is -2.06. The first kappa shape index (κ1) is 9.03. The molecule has 1 rings (SSSR count). The second kappa shape index (κ2) is 4.09. The third-order valence-corrected chi connectivity index (χ3v) is 2.04. The molecule has 0 aromatic heterocycles. The van der Waals surface area contributed by atoms with E-state index >= 15 is 0 Å². The SMILES string of the molecule is CC1CCNC(=O)NC(=O)CC1. The predicted octanol–water partition coefficient (Wildman–Crippen LogP) is 0.632. The van der Waals surface area contributed by atoms with Gasteiger partial charge in [-0.25, -0.2) is 4.79 Å². The molecule has 4 heteroatoms. The summed E-state index contributed by atoms with van der Waals surface area (Å²) < 4.78 is 0. The summed E-state index contributed by atoms with van der Waals surface area (Å²) in [4.78, 5) is 21.8. The van der Waals surface area contributed by atoms with Gasteiger partial charge in [0.2, 0.25) is 5.91 Å². The minimum atomic E-state index is -0.367. The molecule has 4 nitrogen and oxygen atoms in total. The quantitative estimate of drug-likeness (QED) is 0.560. The summed E-state index contributed by atoms with van der Waals surface area (Å²) in [5.41, 5.74) is 0. The van der Waals surface area contributed by atoms with Crippen LogP contribution in [0.4, 0.5) is 4.79 Å². The van der Waals surface area contributed by atoms with Crippen LogP contribution in [0, 0.1) is 5.92 Å². The molecular formula is C8H14N2O2. The molecule has 2 N–H and O–H groups in total.